The first kappa shape index (κ1) is 15.3. The fourth-order valence-electron chi connectivity index (χ4n) is 2.41. The second-order valence-corrected chi connectivity index (χ2v) is 6.22. The number of hydrogen-bond acceptors (Lipinski definition) is 3. The van der Waals surface area contributed by atoms with Gasteiger partial charge in [-0.15, -0.1) is 0 Å². The Morgan fingerprint density at radius 2 is 1.61 bits per heavy atom. The number of nitrogens with two attached hydrogens (primary N) is 1. The number of rotatable bonds is 2. The van der Waals surface area contributed by atoms with E-state index in [0.29, 0.717) is 5.56 Å². The summed E-state index contributed by atoms with van der Waals surface area (Å²) in [5.74, 6) is 0.253. The number of anilines is 1. The van der Waals surface area contributed by atoms with Gasteiger partial charge in [0.15, 0.2) is 0 Å². The van der Waals surface area contributed by atoms with E-state index in [0.717, 1.165) is 26.9 Å². The van der Waals surface area contributed by atoms with Crippen molar-refractivity contribution in [2.45, 2.75) is 6.92 Å². The Balaban J connectivity index is 2.20. The normalized spacial score (nSPS) is 10.3. The molecule has 0 saturated heterocycles. The summed E-state index contributed by atoms with van der Waals surface area (Å²) in [6.07, 6.45) is 0. The summed E-state index contributed by atoms with van der Waals surface area (Å²) in [5, 5.41) is 9.43. The Bertz CT molecular complexity index is 892. The van der Waals surface area contributed by atoms with Gasteiger partial charge in [-0.25, -0.2) is 4.98 Å². The Morgan fingerprint density at radius 1 is 1.00 bits per heavy atom. The van der Waals surface area contributed by atoms with Gasteiger partial charge in [0.1, 0.15) is 17.5 Å². The van der Waals surface area contributed by atoms with Crippen molar-refractivity contribution in [2.75, 3.05) is 5.73 Å². The molecule has 0 amide bonds. The zero-order valence-corrected chi connectivity index (χ0v) is 14.1. The Hall–Kier alpha value is -2.64. The molecule has 0 bridgehead atoms. The summed E-state index contributed by atoms with van der Waals surface area (Å²) < 4.78 is 0.987. The smallest absolute Gasteiger partial charge is 0.142 e. The van der Waals surface area contributed by atoms with Crippen molar-refractivity contribution in [3.05, 3.63) is 70.2 Å². The molecular formula is C19H14BrN3. The van der Waals surface area contributed by atoms with Gasteiger partial charge >= 0.3 is 0 Å². The van der Waals surface area contributed by atoms with E-state index in [1.807, 2.05) is 61.5 Å². The van der Waals surface area contributed by atoms with Gasteiger partial charge in [-0.2, -0.15) is 5.26 Å². The lowest BCUT2D eigenvalue weighted by Crippen LogP contribution is -1.99. The van der Waals surface area contributed by atoms with E-state index in [1.54, 1.807) is 0 Å². The maximum atomic E-state index is 9.43. The van der Waals surface area contributed by atoms with E-state index in [4.69, 9.17) is 5.73 Å². The van der Waals surface area contributed by atoms with E-state index in [1.165, 1.54) is 5.56 Å². The fourth-order valence-corrected chi connectivity index (χ4v) is 2.68. The third-order valence-electron chi connectivity index (χ3n) is 3.66. The summed E-state index contributed by atoms with van der Waals surface area (Å²) in [6.45, 7) is 2.04. The van der Waals surface area contributed by atoms with E-state index in [9.17, 15) is 5.26 Å². The summed E-state index contributed by atoms with van der Waals surface area (Å²) >= 11 is 3.42. The Labute approximate surface area is 143 Å². The highest BCUT2D eigenvalue weighted by Crippen LogP contribution is 2.31. The number of nitrogens with zero attached hydrogens (tertiary/aromatic N) is 2. The molecular weight excluding hydrogens is 350 g/mol. The van der Waals surface area contributed by atoms with Gasteiger partial charge in [-0.3, -0.25) is 0 Å². The summed E-state index contributed by atoms with van der Waals surface area (Å²) in [5.41, 5.74) is 11.1. The lowest BCUT2D eigenvalue weighted by molar-refractivity contribution is 1.30. The van der Waals surface area contributed by atoms with Gasteiger partial charge < -0.3 is 5.73 Å². The molecule has 0 fully saturated rings. The molecule has 0 aliphatic rings. The van der Waals surface area contributed by atoms with Gasteiger partial charge in [0.25, 0.3) is 0 Å². The predicted molar refractivity (Wildman–Crippen MR) is 96.7 cm³/mol. The molecule has 2 aromatic carbocycles. The largest absolute Gasteiger partial charge is 0.383 e. The van der Waals surface area contributed by atoms with Crippen LogP contribution in [0.15, 0.2) is 59.1 Å². The minimum absolute atomic E-state index is 0.253. The van der Waals surface area contributed by atoms with Crippen LogP contribution in [0.3, 0.4) is 0 Å². The van der Waals surface area contributed by atoms with E-state index in [2.05, 4.69) is 27.0 Å². The van der Waals surface area contributed by atoms with Gasteiger partial charge in [-0.1, -0.05) is 57.9 Å². The van der Waals surface area contributed by atoms with Crippen LogP contribution in [0.1, 0.15) is 11.1 Å². The average molecular weight is 364 g/mol. The minimum atomic E-state index is 0.253. The van der Waals surface area contributed by atoms with Crippen LogP contribution in [0, 0.1) is 18.3 Å². The number of halogens is 1. The van der Waals surface area contributed by atoms with Crippen molar-refractivity contribution in [3.63, 3.8) is 0 Å². The van der Waals surface area contributed by atoms with E-state index < -0.39 is 0 Å². The number of nitrogen functional groups attached to an aromatic ring is 1. The summed E-state index contributed by atoms with van der Waals surface area (Å²) in [7, 11) is 0. The Kier molecular flexibility index (Phi) is 4.14. The second-order valence-electron chi connectivity index (χ2n) is 5.30. The predicted octanol–water partition coefficient (Wildman–Crippen LogP) is 4.94. The van der Waals surface area contributed by atoms with Crippen molar-refractivity contribution < 1.29 is 0 Å². The molecule has 1 heterocycles. The van der Waals surface area contributed by atoms with Crippen molar-refractivity contribution in [1.29, 1.82) is 5.26 Å². The van der Waals surface area contributed by atoms with E-state index in [-0.39, 0.29) is 5.82 Å². The first-order valence-electron chi connectivity index (χ1n) is 7.12. The average Bonchev–Trinajstić information content (AvgIpc) is 2.55. The molecule has 0 radical (unpaired) electrons. The highest BCUT2D eigenvalue weighted by Gasteiger charge is 2.13. The Morgan fingerprint density at radius 3 is 2.22 bits per heavy atom. The highest BCUT2D eigenvalue weighted by atomic mass is 79.9. The second kappa shape index (κ2) is 6.23. The summed E-state index contributed by atoms with van der Waals surface area (Å²) in [6, 6.07) is 20.0. The molecule has 112 valence electrons. The van der Waals surface area contributed by atoms with Crippen LogP contribution in [0.25, 0.3) is 22.4 Å². The highest BCUT2D eigenvalue weighted by molar-refractivity contribution is 9.10. The van der Waals surface area contributed by atoms with Crippen LogP contribution in [0.5, 0.6) is 0 Å². The molecule has 1 aromatic heterocycles. The molecule has 4 heteroatoms. The third kappa shape index (κ3) is 3.10. The lowest BCUT2D eigenvalue weighted by Gasteiger charge is -2.10. The van der Waals surface area contributed by atoms with Crippen molar-refractivity contribution >= 4 is 21.7 Å². The molecule has 23 heavy (non-hydrogen) atoms. The van der Waals surface area contributed by atoms with Crippen molar-refractivity contribution in [3.8, 4) is 28.5 Å². The lowest BCUT2D eigenvalue weighted by atomic mass is 9.98. The molecule has 3 nitrogen and oxygen atoms in total. The van der Waals surface area contributed by atoms with Crippen LogP contribution in [0.2, 0.25) is 0 Å². The number of hydrogen-bond donors (Lipinski definition) is 1. The maximum absolute atomic E-state index is 9.43. The van der Waals surface area contributed by atoms with Crippen LogP contribution in [0.4, 0.5) is 5.82 Å². The minimum Gasteiger partial charge on any atom is -0.383 e. The molecule has 0 spiro atoms. The van der Waals surface area contributed by atoms with Crippen molar-refractivity contribution in [2.24, 2.45) is 0 Å². The maximum Gasteiger partial charge on any atom is 0.142 e. The van der Waals surface area contributed by atoms with Gasteiger partial charge in [0.2, 0.25) is 0 Å². The molecule has 0 aliphatic carbocycles. The first-order valence-corrected chi connectivity index (χ1v) is 7.91. The zero-order valence-electron chi connectivity index (χ0n) is 12.5. The molecule has 3 aromatic rings. The van der Waals surface area contributed by atoms with Crippen molar-refractivity contribution in [1.82, 2.24) is 4.98 Å². The monoisotopic (exact) mass is 363 g/mol. The van der Waals surface area contributed by atoms with Crippen LogP contribution < -0.4 is 5.73 Å². The molecule has 0 unspecified atom stereocenters. The number of aromatic nitrogens is 1. The zero-order chi connectivity index (χ0) is 16.4. The molecule has 0 aliphatic heterocycles. The summed E-state index contributed by atoms with van der Waals surface area (Å²) in [4.78, 5) is 4.39. The molecule has 0 atom stereocenters. The van der Waals surface area contributed by atoms with Crippen LogP contribution in [-0.4, -0.2) is 4.98 Å². The van der Waals surface area contributed by atoms with Crippen LogP contribution >= 0.6 is 15.9 Å². The third-order valence-corrected chi connectivity index (χ3v) is 4.19. The number of aryl methyl sites for hydroxylation is 1. The quantitative estimate of drug-likeness (QED) is 0.701. The topological polar surface area (TPSA) is 62.7 Å². The molecule has 3 rings (SSSR count). The van der Waals surface area contributed by atoms with Gasteiger partial charge in [0.05, 0.1) is 5.69 Å². The first-order chi connectivity index (χ1) is 11.1. The van der Waals surface area contributed by atoms with Crippen LogP contribution in [-0.2, 0) is 0 Å². The van der Waals surface area contributed by atoms with Gasteiger partial charge in [0, 0.05) is 15.6 Å². The fraction of sp³-hybridized carbons (Fsp3) is 0.0526. The van der Waals surface area contributed by atoms with Gasteiger partial charge in [-0.05, 0) is 30.7 Å². The molecule has 2 N–H and O–H groups in total. The number of pyridine rings is 1. The number of nitriles is 1. The molecule has 0 saturated carbocycles. The number of benzene rings is 2. The standard InChI is InChI=1S/C19H14BrN3/c1-12-2-4-14(5-3-12)18-10-16(17(11-21)19(22)23-18)13-6-8-15(20)9-7-13/h2-10H,1H3,(H2,22,23). The SMILES string of the molecule is Cc1ccc(-c2cc(-c3ccc(Br)cc3)c(C#N)c(N)n2)cc1. The van der Waals surface area contributed by atoms with E-state index >= 15 is 0 Å².